The monoisotopic (exact) mass is 148 g/mol. The van der Waals surface area contributed by atoms with Crippen molar-refractivity contribution >= 4 is 0 Å². The summed E-state index contributed by atoms with van der Waals surface area (Å²) in [6.45, 7) is 4.49. The van der Waals surface area contributed by atoms with Crippen molar-refractivity contribution in [3.63, 3.8) is 0 Å². The zero-order valence-electron chi connectivity index (χ0n) is 6.91. The van der Waals surface area contributed by atoms with Crippen LogP contribution in [0, 0.1) is 5.92 Å². The highest BCUT2D eigenvalue weighted by atomic mass is 14.8. The number of hydrogen-bond donors (Lipinski definition) is 0. The van der Waals surface area contributed by atoms with Crippen molar-refractivity contribution in [1.29, 1.82) is 0 Å². The van der Waals surface area contributed by atoms with Crippen LogP contribution in [0.3, 0.4) is 0 Å². The number of rotatable bonds is 0. The molecule has 0 amide bonds. The van der Waals surface area contributed by atoms with Crippen LogP contribution in [0.25, 0.3) is 0 Å². The molecule has 0 saturated heterocycles. The number of nitrogens with zero attached hydrogens (tertiary/aromatic N) is 2. The Balaban J connectivity index is 2.47. The van der Waals surface area contributed by atoms with Crippen LogP contribution in [-0.4, -0.2) is 9.97 Å². The van der Waals surface area contributed by atoms with E-state index in [1.165, 1.54) is 11.4 Å². The molecular weight excluding hydrogens is 136 g/mol. The Kier molecular flexibility index (Phi) is 1.41. The number of fused-ring (bicyclic) bond motifs is 1. The quantitative estimate of drug-likeness (QED) is 0.560. The highest BCUT2D eigenvalue weighted by Gasteiger charge is 2.27. The van der Waals surface area contributed by atoms with Crippen molar-refractivity contribution in [2.75, 3.05) is 0 Å². The summed E-state index contributed by atoms with van der Waals surface area (Å²) in [6, 6.07) is 0. The van der Waals surface area contributed by atoms with Gasteiger partial charge in [0.05, 0.1) is 11.4 Å². The van der Waals surface area contributed by atoms with E-state index >= 15 is 0 Å². The van der Waals surface area contributed by atoms with Gasteiger partial charge in [-0.2, -0.15) is 0 Å². The van der Waals surface area contributed by atoms with Crippen molar-refractivity contribution in [1.82, 2.24) is 9.97 Å². The van der Waals surface area contributed by atoms with Gasteiger partial charge in [-0.05, 0) is 12.3 Å². The SMILES string of the molecule is C[C@@H]1c2nccnc2C[C@@H]1C. The predicted octanol–water partition coefficient (Wildman–Crippen LogP) is 1.77. The molecule has 0 N–H and O–H groups in total. The Morgan fingerprint density at radius 2 is 2.00 bits per heavy atom. The molecule has 2 nitrogen and oxygen atoms in total. The molecule has 0 fully saturated rings. The van der Waals surface area contributed by atoms with Crippen LogP contribution < -0.4 is 0 Å². The molecule has 0 spiro atoms. The van der Waals surface area contributed by atoms with Gasteiger partial charge in [-0.1, -0.05) is 13.8 Å². The summed E-state index contributed by atoms with van der Waals surface area (Å²) in [7, 11) is 0. The average Bonchev–Trinajstić information content (AvgIpc) is 2.30. The zero-order valence-corrected chi connectivity index (χ0v) is 6.91. The molecule has 11 heavy (non-hydrogen) atoms. The minimum atomic E-state index is 0.596. The van der Waals surface area contributed by atoms with Gasteiger partial charge in [0.25, 0.3) is 0 Å². The lowest BCUT2D eigenvalue weighted by Crippen LogP contribution is -1.98. The molecule has 2 atom stereocenters. The Bertz CT molecular complexity index is 270. The normalized spacial score (nSPS) is 28.5. The third-order valence-electron chi connectivity index (χ3n) is 2.61. The van der Waals surface area contributed by atoms with E-state index in [9.17, 15) is 0 Å². The Labute approximate surface area is 66.7 Å². The molecule has 1 heterocycles. The van der Waals surface area contributed by atoms with E-state index in [2.05, 4.69) is 23.8 Å². The summed E-state index contributed by atoms with van der Waals surface area (Å²) in [6.07, 6.45) is 4.67. The largest absolute Gasteiger partial charge is 0.258 e. The van der Waals surface area contributed by atoms with Gasteiger partial charge in [0, 0.05) is 18.3 Å². The smallest absolute Gasteiger partial charge is 0.0649 e. The average molecular weight is 148 g/mol. The standard InChI is InChI=1S/C9H12N2/c1-6-5-8-9(7(6)2)11-4-3-10-8/h3-4,6-7H,5H2,1-2H3/t6-,7-/m0/s1. The van der Waals surface area contributed by atoms with Crippen molar-refractivity contribution in [2.24, 2.45) is 5.92 Å². The van der Waals surface area contributed by atoms with E-state index in [0.29, 0.717) is 11.8 Å². The van der Waals surface area contributed by atoms with E-state index in [4.69, 9.17) is 0 Å². The van der Waals surface area contributed by atoms with Crippen LogP contribution in [0.2, 0.25) is 0 Å². The lowest BCUT2D eigenvalue weighted by molar-refractivity contribution is 0.525. The summed E-state index contributed by atoms with van der Waals surface area (Å²) >= 11 is 0. The van der Waals surface area contributed by atoms with Crippen molar-refractivity contribution in [2.45, 2.75) is 26.2 Å². The highest BCUT2D eigenvalue weighted by Crippen LogP contribution is 2.33. The highest BCUT2D eigenvalue weighted by molar-refractivity contribution is 5.22. The fourth-order valence-corrected chi connectivity index (χ4v) is 1.67. The fraction of sp³-hybridized carbons (Fsp3) is 0.556. The third-order valence-corrected chi connectivity index (χ3v) is 2.61. The molecule has 0 bridgehead atoms. The second-order valence-electron chi connectivity index (χ2n) is 3.36. The molecule has 0 saturated carbocycles. The van der Waals surface area contributed by atoms with E-state index in [1.807, 2.05) is 0 Å². The topological polar surface area (TPSA) is 25.8 Å². The second kappa shape index (κ2) is 2.29. The van der Waals surface area contributed by atoms with Crippen LogP contribution >= 0.6 is 0 Å². The summed E-state index contributed by atoms with van der Waals surface area (Å²) < 4.78 is 0. The maximum absolute atomic E-state index is 4.33. The Hall–Kier alpha value is -0.920. The summed E-state index contributed by atoms with van der Waals surface area (Å²) in [5.74, 6) is 1.31. The van der Waals surface area contributed by atoms with Gasteiger partial charge in [-0.15, -0.1) is 0 Å². The first kappa shape index (κ1) is 6.77. The molecule has 1 aromatic heterocycles. The fourth-order valence-electron chi connectivity index (χ4n) is 1.67. The van der Waals surface area contributed by atoms with Gasteiger partial charge in [0.1, 0.15) is 0 Å². The molecule has 0 aliphatic heterocycles. The van der Waals surface area contributed by atoms with E-state index in [0.717, 1.165) is 6.42 Å². The summed E-state index contributed by atoms with van der Waals surface area (Å²) in [5.41, 5.74) is 2.41. The number of aromatic nitrogens is 2. The van der Waals surface area contributed by atoms with Gasteiger partial charge in [0.2, 0.25) is 0 Å². The van der Waals surface area contributed by atoms with Crippen LogP contribution in [0.15, 0.2) is 12.4 Å². The molecule has 2 rings (SSSR count). The molecule has 58 valence electrons. The Morgan fingerprint density at radius 3 is 2.73 bits per heavy atom. The van der Waals surface area contributed by atoms with E-state index in [-0.39, 0.29) is 0 Å². The first-order chi connectivity index (χ1) is 5.29. The van der Waals surface area contributed by atoms with Crippen LogP contribution in [0.4, 0.5) is 0 Å². The van der Waals surface area contributed by atoms with Crippen LogP contribution in [-0.2, 0) is 6.42 Å². The van der Waals surface area contributed by atoms with Gasteiger partial charge >= 0.3 is 0 Å². The van der Waals surface area contributed by atoms with Gasteiger partial charge in [-0.3, -0.25) is 9.97 Å². The maximum atomic E-state index is 4.33. The lowest BCUT2D eigenvalue weighted by Gasteiger charge is -2.06. The van der Waals surface area contributed by atoms with Crippen LogP contribution in [0.5, 0.6) is 0 Å². The summed E-state index contributed by atoms with van der Waals surface area (Å²) in [4.78, 5) is 8.63. The minimum Gasteiger partial charge on any atom is -0.258 e. The van der Waals surface area contributed by atoms with Gasteiger partial charge in [0.15, 0.2) is 0 Å². The van der Waals surface area contributed by atoms with Crippen molar-refractivity contribution in [3.8, 4) is 0 Å². The molecular formula is C9H12N2. The van der Waals surface area contributed by atoms with Crippen LogP contribution in [0.1, 0.15) is 31.2 Å². The first-order valence-corrected chi connectivity index (χ1v) is 4.09. The van der Waals surface area contributed by atoms with Gasteiger partial charge in [-0.25, -0.2) is 0 Å². The van der Waals surface area contributed by atoms with E-state index < -0.39 is 0 Å². The second-order valence-corrected chi connectivity index (χ2v) is 3.36. The molecule has 1 aromatic rings. The molecule has 0 radical (unpaired) electrons. The molecule has 0 unspecified atom stereocenters. The molecule has 1 aliphatic rings. The maximum Gasteiger partial charge on any atom is 0.0649 e. The molecule has 2 heteroatoms. The number of hydrogen-bond acceptors (Lipinski definition) is 2. The summed E-state index contributed by atoms with van der Waals surface area (Å²) in [5, 5.41) is 0. The van der Waals surface area contributed by atoms with Gasteiger partial charge < -0.3 is 0 Å². The third kappa shape index (κ3) is 0.934. The molecule has 0 aromatic carbocycles. The first-order valence-electron chi connectivity index (χ1n) is 4.09. The minimum absolute atomic E-state index is 0.596. The van der Waals surface area contributed by atoms with Crippen molar-refractivity contribution < 1.29 is 0 Å². The lowest BCUT2D eigenvalue weighted by atomic mass is 9.99. The van der Waals surface area contributed by atoms with E-state index in [1.54, 1.807) is 12.4 Å². The zero-order chi connectivity index (χ0) is 7.84. The Morgan fingerprint density at radius 1 is 1.27 bits per heavy atom. The van der Waals surface area contributed by atoms with Crippen molar-refractivity contribution in [3.05, 3.63) is 23.8 Å². The molecule has 1 aliphatic carbocycles. The predicted molar refractivity (Wildman–Crippen MR) is 43.3 cm³/mol.